The normalized spacial score (nSPS) is 16.0. The van der Waals surface area contributed by atoms with Gasteiger partial charge >= 0.3 is 0 Å². The molecule has 1 rings (SSSR count). The van der Waals surface area contributed by atoms with Gasteiger partial charge in [0, 0.05) is 5.41 Å². The molecule has 0 aliphatic rings. The van der Waals surface area contributed by atoms with Gasteiger partial charge < -0.3 is 5.11 Å². The molecule has 0 radical (unpaired) electrons. The lowest BCUT2D eigenvalue weighted by Crippen LogP contribution is -2.32. The standard InChI is InChI=1S/C18H30O/c1-4-7-11-16(5-2)14-18(6-3,15-19)17-12-9-8-10-13-17/h8-10,12-13,16,19H,4-7,11,14-15H2,1-3H3. The van der Waals surface area contributed by atoms with Crippen LogP contribution in [0.2, 0.25) is 0 Å². The summed E-state index contributed by atoms with van der Waals surface area (Å²) in [5.41, 5.74) is 1.25. The van der Waals surface area contributed by atoms with Gasteiger partial charge in [0.15, 0.2) is 0 Å². The third kappa shape index (κ3) is 4.35. The molecule has 2 atom stereocenters. The van der Waals surface area contributed by atoms with Gasteiger partial charge in [0.2, 0.25) is 0 Å². The Hall–Kier alpha value is -0.820. The van der Waals surface area contributed by atoms with Crippen LogP contribution in [0, 0.1) is 5.92 Å². The third-order valence-electron chi connectivity index (χ3n) is 4.59. The van der Waals surface area contributed by atoms with Gasteiger partial charge in [0.25, 0.3) is 0 Å². The number of rotatable bonds is 9. The maximum atomic E-state index is 10.00. The molecular formula is C18H30O. The van der Waals surface area contributed by atoms with Gasteiger partial charge in [-0.05, 0) is 24.3 Å². The molecule has 19 heavy (non-hydrogen) atoms. The molecule has 1 aromatic rings. The van der Waals surface area contributed by atoms with Crippen LogP contribution in [-0.2, 0) is 5.41 Å². The van der Waals surface area contributed by atoms with Crippen LogP contribution in [0.25, 0.3) is 0 Å². The van der Waals surface area contributed by atoms with E-state index in [0.717, 1.165) is 18.8 Å². The van der Waals surface area contributed by atoms with Crippen LogP contribution in [0.4, 0.5) is 0 Å². The van der Waals surface area contributed by atoms with Crippen LogP contribution in [0.1, 0.15) is 64.9 Å². The molecular weight excluding hydrogens is 232 g/mol. The second-order valence-electron chi connectivity index (χ2n) is 5.78. The molecule has 0 saturated heterocycles. The van der Waals surface area contributed by atoms with E-state index in [2.05, 4.69) is 51.1 Å². The number of aliphatic hydroxyl groups is 1. The van der Waals surface area contributed by atoms with Crippen molar-refractivity contribution in [3.8, 4) is 0 Å². The average Bonchev–Trinajstić information content (AvgIpc) is 2.49. The summed E-state index contributed by atoms with van der Waals surface area (Å²) in [4.78, 5) is 0. The summed E-state index contributed by atoms with van der Waals surface area (Å²) >= 11 is 0. The minimum absolute atomic E-state index is 0.0460. The monoisotopic (exact) mass is 262 g/mol. The quantitative estimate of drug-likeness (QED) is 0.669. The molecule has 0 heterocycles. The Labute approximate surface area is 119 Å². The zero-order chi connectivity index (χ0) is 14.1. The van der Waals surface area contributed by atoms with Crippen LogP contribution in [0.5, 0.6) is 0 Å². The highest BCUT2D eigenvalue weighted by atomic mass is 16.3. The van der Waals surface area contributed by atoms with Gasteiger partial charge in [-0.1, -0.05) is 76.8 Å². The van der Waals surface area contributed by atoms with Crippen LogP contribution >= 0.6 is 0 Å². The summed E-state index contributed by atoms with van der Waals surface area (Å²) in [6.07, 6.45) is 7.20. The third-order valence-corrected chi connectivity index (χ3v) is 4.59. The fraction of sp³-hybridized carbons (Fsp3) is 0.667. The van der Waals surface area contributed by atoms with Crippen molar-refractivity contribution in [2.24, 2.45) is 5.92 Å². The minimum Gasteiger partial charge on any atom is -0.395 e. The molecule has 0 aliphatic carbocycles. The first-order chi connectivity index (χ1) is 9.22. The van der Waals surface area contributed by atoms with Crippen LogP contribution < -0.4 is 0 Å². The predicted octanol–water partition coefficient (Wildman–Crippen LogP) is 4.93. The molecule has 0 aliphatic heterocycles. The van der Waals surface area contributed by atoms with E-state index in [4.69, 9.17) is 0 Å². The lowest BCUT2D eigenvalue weighted by Gasteiger charge is -2.35. The van der Waals surface area contributed by atoms with Crippen LogP contribution in [-0.4, -0.2) is 11.7 Å². The second-order valence-corrected chi connectivity index (χ2v) is 5.78. The van der Waals surface area contributed by atoms with E-state index < -0.39 is 0 Å². The number of hydrogen-bond acceptors (Lipinski definition) is 1. The van der Waals surface area contributed by atoms with Crippen molar-refractivity contribution >= 4 is 0 Å². The van der Waals surface area contributed by atoms with E-state index in [-0.39, 0.29) is 12.0 Å². The fourth-order valence-corrected chi connectivity index (χ4v) is 3.02. The Morgan fingerprint density at radius 1 is 1.11 bits per heavy atom. The molecule has 0 saturated carbocycles. The lowest BCUT2D eigenvalue weighted by atomic mass is 9.71. The van der Waals surface area contributed by atoms with Gasteiger partial charge in [-0.25, -0.2) is 0 Å². The van der Waals surface area contributed by atoms with E-state index in [0.29, 0.717) is 0 Å². The van der Waals surface area contributed by atoms with Gasteiger partial charge in [-0.2, -0.15) is 0 Å². The number of hydrogen-bond donors (Lipinski definition) is 1. The van der Waals surface area contributed by atoms with E-state index in [9.17, 15) is 5.11 Å². The van der Waals surface area contributed by atoms with Crippen molar-refractivity contribution in [3.63, 3.8) is 0 Å². The van der Waals surface area contributed by atoms with Gasteiger partial charge in [-0.15, -0.1) is 0 Å². The molecule has 1 nitrogen and oxygen atoms in total. The summed E-state index contributed by atoms with van der Waals surface area (Å²) in [5, 5.41) is 10.00. The maximum absolute atomic E-state index is 10.00. The maximum Gasteiger partial charge on any atom is 0.0527 e. The summed E-state index contributed by atoms with van der Waals surface area (Å²) in [6.45, 7) is 7.00. The Balaban J connectivity index is 2.87. The predicted molar refractivity (Wildman–Crippen MR) is 83.4 cm³/mol. The highest BCUT2D eigenvalue weighted by Crippen LogP contribution is 2.36. The van der Waals surface area contributed by atoms with E-state index in [1.165, 1.54) is 31.2 Å². The SMILES string of the molecule is CCCCC(CC)CC(CC)(CO)c1ccccc1. The van der Waals surface area contributed by atoms with Crippen molar-refractivity contribution in [1.29, 1.82) is 0 Å². The molecule has 1 heteroatoms. The highest BCUT2D eigenvalue weighted by molar-refractivity contribution is 5.25. The summed E-state index contributed by atoms with van der Waals surface area (Å²) in [5.74, 6) is 0.729. The smallest absolute Gasteiger partial charge is 0.0527 e. The molecule has 0 bridgehead atoms. The molecule has 2 unspecified atom stereocenters. The Kier molecular flexibility index (Phi) is 7.15. The lowest BCUT2D eigenvalue weighted by molar-refractivity contribution is 0.154. The van der Waals surface area contributed by atoms with Crippen LogP contribution in [0.15, 0.2) is 30.3 Å². The zero-order valence-electron chi connectivity index (χ0n) is 12.9. The number of unbranched alkanes of at least 4 members (excludes halogenated alkanes) is 1. The van der Waals surface area contributed by atoms with Crippen molar-refractivity contribution in [2.45, 2.75) is 64.7 Å². The van der Waals surface area contributed by atoms with E-state index in [1.54, 1.807) is 0 Å². The zero-order valence-corrected chi connectivity index (χ0v) is 12.9. The number of aliphatic hydroxyl groups excluding tert-OH is 1. The fourth-order valence-electron chi connectivity index (χ4n) is 3.02. The average molecular weight is 262 g/mol. The summed E-state index contributed by atoms with van der Waals surface area (Å²) in [7, 11) is 0. The molecule has 0 amide bonds. The van der Waals surface area contributed by atoms with Crippen molar-refractivity contribution in [3.05, 3.63) is 35.9 Å². The molecule has 108 valence electrons. The first kappa shape index (κ1) is 16.2. The Bertz CT molecular complexity index is 327. The van der Waals surface area contributed by atoms with E-state index >= 15 is 0 Å². The Morgan fingerprint density at radius 3 is 2.26 bits per heavy atom. The largest absolute Gasteiger partial charge is 0.395 e. The summed E-state index contributed by atoms with van der Waals surface area (Å²) in [6, 6.07) is 10.6. The van der Waals surface area contributed by atoms with Crippen LogP contribution in [0.3, 0.4) is 0 Å². The molecule has 0 spiro atoms. The van der Waals surface area contributed by atoms with Gasteiger partial charge in [0.05, 0.1) is 6.61 Å². The topological polar surface area (TPSA) is 20.2 Å². The van der Waals surface area contributed by atoms with Crippen molar-refractivity contribution in [2.75, 3.05) is 6.61 Å². The van der Waals surface area contributed by atoms with Gasteiger partial charge in [0.1, 0.15) is 0 Å². The first-order valence-corrected chi connectivity index (χ1v) is 7.88. The molecule has 1 aromatic carbocycles. The number of benzene rings is 1. The van der Waals surface area contributed by atoms with Crippen molar-refractivity contribution < 1.29 is 5.11 Å². The minimum atomic E-state index is -0.0460. The Morgan fingerprint density at radius 2 is 1.79 bits per heavy atom. The molecule has 0 fully saturated rings. The highest BCUT2D eigenvalue weighted by Gasteiger charge is 2.31. The first-order valence-electron chi connectivity index (χ1n) is 7.88. The van der Waals surface area contributed by atoms with Crippen molar-refractivity contribution in [1.82, 2.24) is 0 Å². The summed E-state index contributed by atoms with van der Waals surface area (Å²) < 4.78 is 0. The molecule has 1 N–H and O–H groups in total. The van der Waals surface area contributed by atoms with Gasteiger partial charge in [-0.3, -0.25) is 0 Å². The van der Waals surface area contributed by atoms with E-state index in [1.807, 2.05) is 0 Å². The second kappa shape index (κ2) is 8.37. The molecule has 0 aromatic heterocycles.